The molecule has 2 heterocycles. The summed E-state index contributed by atoms with van der Waals surface area (Å²) in [5.41, 5.74) is 3.81. The van der Waals surface area contributed by atoms with E-state index in [0.717, 1.165) is 18.7 Å². The van der Waals surface area contributed by atoms with E-state index in [1.54, 1.807) is 12.1 Å². The first kappa shape index (κ1) is 13.3. The third-order valence-electron chi connectivity index (χ3n) is 3.90. The minimum Gasteiger partial charge on any atom is -0.376 e. The fourth-order valence-electron chi connectivity index (χ4n) is 2.78. The molecule has 1 aromatic heterocycles. The molecule has 0 radical (unpaired) electrons. The lowest BCUT2D eigenvalue weighted by Gasteiger charge is -2.19. The average molecular weight is 276 g/mol. The maximum absolute atomic E-state index is 12.3. The van der Waals surface area contributed by atoms with Crippen LogP contribution in [-0.2, 0) is 4.74 Å². The maximum atomic E-state index is 12.3. The van der Waals surface area contributed by atoms with Crippen molar-refractivity contribution in [2.45, 2.75) is 38.3 Å². The fourth-order valence-corrected chi connectivity index (χ4v) is 2.78. The van der Waals surface area contributed by atoms with Gasteiger partial charge in [-0.3, -0.25) is 4.79 Å². The summed E-state index contributed by atoms with van der Waals surface area (Å²) in [6.07, 6.45) is 3.51. The van der Waals surface area contributed by atoms with Crippen LogP contribution in [0.4, 0.5) is 5.82 Å². The Morgan fingerprint density at radius 1 is 1.40 bits per heavy atom. The number of carbonyl (C=O) groups excluding carboxylic acids is 1. The first-order valence-corrected chi connectivity index (χ1v) is 7.05. The first-order valence-electron chi connectivity index (χ1n) is 7.05. The van der Waals surface area contributed by atoms with Crippen LogP contribution in [0.25, 0.3) is 0 Å². The average Bonchev–Trinajstić information content (AvgIpc) is 3.18. The third kappa shape index (κ3) is 2.76. The van der Waals surface area contributed by atoms with E-state index in [9.17, 15) is 4.79 Å². The van der Waals surface area contributed by atoms with E-state index in [2.05, 4.69) is 15.7 Å². The van der Waals surface area contributed by atoms with Gasteiger partial charge in [-0.2, -0.15) is 0 Å². The van der Waals surface area contributed by atoms with Crippen LogP contribution in [0.2, 0.25) is 0 Å². The van der Waals surface area contributed by atoms with Crippen molar-refractivity contribution in [2.24, 2.45) is 11.8 Å². The third-order valence-corrected chi connectivity index (χ3v) is 3.90. The van der Waals surface area contributed by atoms with Gasteiger partial charge >= 0.3 is 0 Å². The van der Waals surface area contributed by atoms with E-state index in [0.29, 0.717) is 17.3 Å². The number of pyridine rings is 1. The Balaban J connectivity index is 1.70. The largest absolute Gasteiger partial charge is 0.376 e. The first-order chi connectivity index (χ1) is 9.67. The van der Waals surface area contributed by atoms with Gasteiger partial charge in [-0.15, -0.1) is 0 Å². The molecule has 2 atom stereocenters. The van der Waals surface area contributed by atoms with Gasteiger partial charge in [0, 0.05) is 17.9 Å². The molecule has 6 heteroatoms. The molecule has 1 aromatic rings. The minimum absolute atomic E-state index is 0.0897. The Hall–Kier alpha value is -1.66. The summed E-state index contributed by atoms with van der Waals surface area (Å²) >= 11 is 0. The normalized spacial score (nSPS) is 25.5. The Morgan fingerprint density at radius 2 is 2.20 bits per heavy atom. The minimum atomic E-state index is -0.0897. The Labute approximate surface area is 118 Å². The molecule has 2 aliphatic rings. The van der Waals surface area contributed by atoms with Gasteiger partial charge in [-0.25, -0.2) is 10.8 Å². The molecule has 2 unspecified atom stereocenters. The van der Waals surface area contributed by atoms with Crippen molar-refractivity contribution in [3.05, 3.63) is 23.4 Å². The maximum Gasteiger partial charge on any atom is 0.251 e. The number of hydrogen-bond donors (Lipinski definition) is 3. The van der Waals surface area contributed by atoms with Crippen molar-refractivity contribution in [1.29, 1.82) is 0 Å². The molecule has 20 heavy (non-hydrogen) atoms. The topological polar surface area (TPSA) is 89.3 Å². The van der Waals surface area contributed by atoms with E-state index < -0.39 is 0 Å². The standard InChI is InChI=1S/C14H20N4O2/c1-8-6-10(7-12(16-8)18-15)14(19)17-11-4-5-20-13(11)9-2-3-9/h6-7,9,11,13H,2-5,15H2,1H3,(H,16,18)(H,17,19). The number of amides is 1. The summed E-state index contributed by atoms with van der Waals surface area (Å²) in [4.78, 5) is 16.5. The molecule has 4 N–H and O–H groups in total. The van der Waals surface area contributed by atoms with Crippen LogP contribution < -0.4 is 16.6 Å². The van der Waals surface area contributed by atoms with E-state index in [4.69, 9.17) is 10.6 Å². The van der Waals surface area contributed by atoms with Gasteiger partial charge in [0.15, 0.2) is 0 Å². The zero-order valence-electron chi connectivity index (χ0n) is 11.6. The van der Waals surface area contributed by atoms with E-state index in [1.807, 2.05) is 6.92 Å². The molecule has 1 amide bonds. The van der Waals surface area contributed by atoms with Crippen LogP contribution in [-0.4, -0.2) is 29.6 Å². The number of hydrogen-bond acceptors (Lipinski definition) is 5. The number of carbonyl (C=O) groups is 1. The molecule has 0 aromatic carbocycles. The summed E-state index contributed by atoms with van der Waals surface area (Å²) in [7, 11) is 0. The van der Waals surface area contributed by atoms with Gasteiger partial charge in [0.1, 0.15) is 5.82 Å². The lowest BCUT2D eigenvalue weighted by molar-refractivity contribution is 0.0729. The second-order valence-electron chi connectivity index (χ2n) is 5.57. The lowest BCUT2D eigenvalue weighted by Crippen LogP contribution is -2.41. The molecule has 0 bridgehead atoms. The fraction of sp³-hybridized carbons (Fsp3) is 0.571. The second kappa shape index (κ2) is 5.38. The molecule has 0 spiro atoms. The number of hydrazine groups is 1. The predicted molar refractivity (Wildman–Crippen MR) is 75.1 cm³/mol. The smallest absolute Gasteiger partial charge is 0.251 e. The molecule has 1 saturated heterocycles. The number of nitrogens with one attached hydrogen (secondary N) is 2. The van der Waals surface area contributed by atoms with Gasteiger partial charge < -0.3 is 15.5 Å². The number of aryl methyl sites for hydroxylation is 1. The number of nitrogen functional groups attached to an aromatic ring is 1. The summed E-state index contributed by atoms with van der Waals surface area (Å²) in [5, 5.41) is 3.08. The van der Waals surface area contributed by atoms with Crippen molar-refractivity contribution in [3.8, 4) is 0 Å². The molecule has 6 nitrogen and oxygen atoms in total. The summed E-state index contributed by atoms with van der Waals surface area (Å²) in [6, 6.07) is 3.54. The van der Waals surface area contributed by atoms with E-state index in [1.165, 1.54) is 12.8 Å². The van der Waals surface area contributed by atoms with Crippen LogP contribution in [0.1, 0.15) is 35.3 Å². The van der Waals surface area contributed by atoms with Crippen molar-refractivity contribution >= 4 is 11.7 Å². The quantitative estimate of drug-likeness (QED) is 0.563. The highest BCUT2D eigenvalue weighted by atomic mass is 16.5. The van der Waals surface area contributed by atoms with Crippen molar-refractivity contribution in [2.75, 3.05) is 12.0 Å². The number of aromatic nitrogens is 1. The molecule has 2 fully saturated rings. The molecule has 108 valence electrons. The molecule has 1 aliphatic carbocycles. The van der Waals surface area contributed by atoms with Gasteiger partial charge in [-0.1, -0.05) is 0 Å². The van der Waals surface area contributed by atoms with Crippen LogP contribution in [0.3, 0.4) is 0 Å². The van der Waals surface area contributed by atoms with Gasteiger partial charge in [0.2, 0.25) is 0 Å². The SMILES string of the molecule is Cc1cc(C(=O)NC2CCOC2C2CC2)cc(NN)n1. The van der Waals surface area contributed by atoms with Crippen LogP contribution in [0.5, 0.6) is 0 Å². The zero-order chi connectivity index (χ0) is 14.1. The van der Waals surface area contributed by atoms with E-state index >= 15 is 0 Å². The van der Waals surface area contributed by atoms with Crippen molar-refractivity contribution < 1.29 is 9.53 Å². The number of nitrogens with zero attached hydrogens (tertiary/aromatic N) is 1. The molecule has 1 saturated carbocycles. The van der Waals surface area contributed by atoms with Crippen LogP contribution >= 0.6 is 0 Å². The molecule has 3 rings (SSSR count). The zero-order valence-corrected chi connectivity index (χ0v) is 11.6. The van der Waals surface area contributed by atoms with E-state index in [-0.39, 0.29) is 18.1 Å². The highest BCUT2D eigenvalue weighted by Crippen LogP contribution is 2.38. The van der Waals surface area contributed by atoms with Gasteiger partial charge in [0.05, 0.1) is 12.1 Å². The summed E-state index contributed by atoms with van der Waals surface area (Å²) in [6.45, 7) is 2.57. The van der Waals surface area contributed by atoms with Gasteiger partial charge in [0.25, 0.3) is 5.91 Å². The highest BCUT2D eigenvalue weighted by Gasteiger charge is 2.41. The number of rotatable bonds is 4. The monoisotopic (exact) mass is 276 g/mol. The highest BCUT2D eigenvalue weighted by molar-refractivity contribution is 5.95. The van der Waals surface area contributed by atoms with Gasteiger partial charge in [-0.05, 0) is 44.2 Å². The number of nitrogens with two attached hydrogens (primary N) is 1. The molecule has 1 aliphatic heterocycles. The Bertz CT molecular complexity index is 516. The summed E-state index contributed by atoms with van der Waals surface area (Å²) < 4.78 is 5.74. The second-order valence-corrected chi connectivity index (χ2v) is 5.57. The molecular weight excluding hydrogens is 256 g/mol. The number of anilines is 1. The lowest BCUT2D eigenvalue weighted by atomic mass is 10.1. The Morgan fingerprint density at radius 3 is 2.90 bits per heavy atom. The number of ether oxygens (including phenoxy) is 1. The Kier molecular flexibility index (Phi) is 3.58. The van der Waals surface area contributed by atoms with Crippen molar-refractivity contribution in [3.63, 3.8) is 0 Å². The summed E-state index contributed by atoms with van der Waals surface area (Å²) in [5.74, 6) is 6.39. The van der Waals surface area contributed by atoms with Crippen LogP contribution in [0.15, 0.2) is 12.1 Å². The predicted octanol–water partition coefficient (Wildman–Crippen LogP) is 0.973. The van der Waals surface area contributed by atoms with Crippen molar-refractivity contribution in [1.82, 2.24) is 10.3 Å². The molecular formula is C14H20N4O2. The van der Waals surface area contributed by atoms with Crippen LogP contribution in [0, 0.1) is 12.8 Å².